The van der Waals surface area contributed by atoms with Crippen molar-refractivity contribution in [2.45, 2.75) is 60.0 Å². The van der Waals surface area contributed by atoms with Crippen molar-refractivity contribution in [3.05, 3.63) is 87.7 Å². The van der Waals surface area contributed by atoms with E-state index in [4.69, 9.17) is 14.5 Å². The molecule has 0 amide bonds. The maximum absolute atomic E-state index is 13.6. The topological polar surface area (TPSA) is 65.7 Å². The molecule has 0 bridgehead atoms. The van der Waals surface area contributed by atoms with Crippen molar-refractivity contribution < 1.29 is 9.47 Å². The van der Waals surface area contributed by atoms with Gasteiger partial charge in [0.05, 0.1) is 29.8 Å². The molecule has 4 rings (SSSR count). The molecule has 1 atom stereocenters. The molecule has 6 heteroatoms. The van der Waals surface area contributed by atoms with Gasteiger partial charge in [-0.25, -0.2) is 4.98 Å². The summed E-state index contributed by atoms with van der Waals surface area (Å²) >= 11 is 0. The van der Waals surface area contributed by atoms with Crippen molar-refractivity contribution in [2.24, 2.45) is 5.10 Å². The van der Waals surface area contributed by atoms with Gasteiger partial charge in [-0.05, 0) is 98.3 Å². The Bertz CT molecular complexity index is 1470. The number of benzene rings is 3. The summed E-state index contributed by atoms with van der Waals surface area (Å²) in [7, 11) is 0. The van der Waals surface area contributed by atoms with Crippen LogP contribution >= 0.6 is 0 Å². The Kier molecular flexibility index (Phi) is 8.07. The number of hydrogen-bond donors (Lipinski definition) is 0. The van der Waals surface area contributed by atoms with Crippen LogP contribution in [0.2, 0.25) is 0 Å². The van der Waals surface area contributed by atoms with Gasteiger partial charge in [-0.1, -0.05) is 32.9 Å². The SMILES string of the molecule is CCOc1cc(C)c(-c2nc3ccccc3c(=O)n2N=Cc2ccc(O[C@@H](C)CC)cc2)cc1C(C)C. The zero-order valence-corrected chi connectivity index (χ0v) is 22.5. The molecule has 6 nitrogen and oxygen atoms in total. The van der Waals surface area contributed by atoms with Gasteiger partial charge in [0.15, 0.2) is 5.82 Å². The third kappa shape index (κ3) is 5.74. The van der Waals surface area contributed by atoms with E-state index < -0.39 is 0 Å². The zero-order valence-electron chi connectivity index (χ0n) is 22.5. The molecule has 3 aromatic carbocycles. The van der Waals surface area contributed by atoms with Crippen LogP contribution in [-0.2, 0) is 0 Å². The highest BCUT2D eigenvalue weighted by atomic mass is 16.5. The number of ether oxygens (including phenoxy) is 2. The fraction of sp³-hybridized carbons (Fsp3) is 0.323. The van der Waals surface area contributed by atoms with Crippen LogP contribution in [0.5, 0.6) is 11.5 Å². The summed E-state index contributed by atoms with van der Waals surface area (Å²) < 4.78 is 13.2. The van der Waals surface area contributed by atoms with Crippen molar-refractivity contribution in [1.29, 1.82) is 0 Å². The molecule has 0 spiro atoms. The van der Waals surface area contributed by atoms with Crippen molar-refractivity contribution >= 4 is 17.1 Å². The van der Waals surface area contributed by atoms with Crippen LogP contribution < -0.4 is 15.0 Å². The summed E-state index contributed by atoms with van der Waals surface area (Å²) in [5, 5.41) is 5.15. The van der Waals surface area contributed by atoms with Gasteiger partial charge in [-0.15, -0.1) is 0 Å². The Labute approximate surface area is 218 Å². The van der Waals surface area contributed by atoms with Crippen LogP contribution in [0.15, 0.2) is 70.6 Å². The largest absolute Gasteiger partial charge is 0.494 e. The minimum Gasteiger partial charge on any atom is -0.494 e. The van der Waals surface area contributed by atoms with E-state index in [1.807, 2.05) is 69.3 Å². The molecule has 0 aliphatic heterocycles. The second kappa shape index (κ2) is 11.4. The van der Waals surface area contributed by atoms with E-state index >= 15 is 0 Å². The second-order valence-corrected chi connectivity index (χ2v) is 9.51. The summed E-state index contributed by atoms with van der Waals surface area (Å²) in [6.45, 7) is 13.0. The molecule has 0 N–H and O–H groups in total. The number of hydrogen-bond acceptors (Lipinski definition) is 5. The standard InChI is InChI=1S/C31H35N3O3/c1-7-22(6)37-24-15-13-23(14-16-24)19-32-34-30(33-28-12-10-9-11-25(28)31(34)35)27-18-26(20(3)4)29(36-8-2)17-21(27)5/h9-20,22H,7-8H2,1-6H3/t22-/m0/s1. The van der Waals surface area contributed by atoms with E-state index in [1.54, 1.807) is 12.3 Å². The first-order chi connectivity index (χ1) is 17.8. The van der Waals surface area contributed by atoms with E-state index in [-0.39, 0.29) is 17.6 Å². The Morgan fingerprint density at radius 3 is 2.43 bits per heavy atom. The molecule has 0 unspecified atom stereocenters. The van der Waals surface area contributed by atoms with Gasteiger partial charge in [0.1, 0.15) is 11.5 Å². The molecule has 0 saturated carbocycles. The molecule has 1 heterocycles. The fourth-order valence-corrected chi connectivity index (χ4v) is 4.15. The number of nitrogens with zero attached hydrogens (tertiary/aromatic N) is 3. The monoisotopic (exact) mass is 497 g/mol. The van der Waals surface area contributed by atoms with Gasteiger partial charge in [-0.2, -0.15) is 9.78 Å². The highest BCUT2D eigenvalue weighted by Gasteiger charge is 2.18. The quantitative estimate of drug-likeness (QED) is 0.235. The van der Waals surface area contributed by atoms with Crippen LogP contribution in [-0.4, -0.2) is 28.6 Å². The van der Waals surface area contributed by atoms with Crippen LogP contribution in [0.1, 0.15) is 63.6 Å². The van der Waals surface area contributed by atoms with Gasteiger partial charge in [0, 0.05) is 5.56 Å². The van der Waals surface area contributed by atoms with Crippen LogP contribution in [0.3, 0.4) is 0 Å². The molecule has 0 fully saturated rings. The number of aromatic nitrogens is 2. The molecular formula is C31H35N3O3. The van der Waals surface area contributed by atoms with Gasteiger partial charge in [-0.3, -0.25) is 4.79 Å². The summed E-state index contributed by atoms with van der Waals surface area (Å²) in [6, 6.07) is 19.2. The zero-order chi connectivity index (χ0) is 26.5. The highest BCUT2D eigenvalue weighted by Crippen LogP contribution is 2.34. The smallest absolute Gasteiger partial charge is 0.282 e. The lowest BCUT2D eigenvalue weighted by Crippen LogP contribution is -2.20. The molecule has 192 valence electrons. The molecule has 4 aromatic rings. The van der Waals surface area contributed by atoms with Gasteiger partial charge < -0.3 is 9.47 Å². The Morgan fingerprint density at radius 1 is 1.03 bits per heavy atom. The second-order valence-electron chi connectivity index (χ2n) is 9.51. The van der Waals surface area contributed by atoms with E-state index in [2.05, 4.69) is 31.9 Å². The molecule has 0 radical (unpaired) electrons. The molecule has 37 heavy (non-hydrogen) atoms. The van der Waals surface area contributed by atoms with Crippen molar-refractivity contribution in [3.8, 4) is 22.9 Å². The number of aryl methyl sites for hydroxylation is 1. The first kappa shape index (κ1) is 26.1. The summed E-state index contributed by atoms with van der Waals surface area (Å²) in [5.74, 6) is 2.40. The van der Waals surface area contributed by atoms with Crippen molar-refractivity contribution in [1.82, 2.24) is 9.66 Å². The van der Waals surface area contributed by atoms with Crippen molar-refractivity contribution in [3.63, 3.8) is 0 Å². The molecule has 0 saturated heterocycles. The van der Waals surface area contributed by atoms with E-state index in [1.165, 1.54) is 4.68 Å². The Morgan fingerprint density at radius 2 is 1.76 bits per heavy atom. The minimum absolute atomic E-state index is 0.150. The maximum Gasteiger partial charge on any atom is 0.282 e. The fourth-order valence-electron chi connectivity index (χ4n) is 4.15. The number of fused-ring (bicyclic) bond motifs is 1. The molecule has 0 aliphatic carbocycles. The summed E-state index contributed by atoms with van der Waals surface area (Å²) in [4.78, 5) is 18.5. The lowest BCUT2D eigenvalue weighted by Gasteiger charge is -2.18. The van der Waals surface area contributed by atoms with Gasteiger partial charge in [0.25, 0.3) is 5.56 Å². The van der Waals surface area contributed by atoms with Crippen LogP contribution in [0.25, 0.3) is 22.3 Å². The third-order valence-electron chi connectivity index (χ3n) is 6.39. The van der Waals surface area contributed by atoms with Gasteiger partial charge in [0.2, 0.25) is 0 Å². The first-order valence-electron chi connectivity index (χ1n) is 12.9. The minimum atomic E-state index is -0.215. The molecule has 0 aliphatic rings. The predicted octanol–water partition coefficient (Wildman–Crippen LogP) is 6.95. The van der Waals surface area contributed by atoms with Gasteiger partial charge >= 0.3 is 0 Å². The lowest BCUT2D eigenvalue weighted by molar-refractivity contribution is 0.217. The average Bonchev–Trinajstić information content (AvgIpc) is 2.89. The Hall–Kier alpha value is -3.93. The third-order valence-corrected chi connectivity index (χ3v) is 6.39. The highest BCUT2D eigenvalue weighted by molar-refractivity contribution is 5.82. The summed E-state index contributed by atoms with van der Waals surface area (Å²) in [6.07, 6.45) is 2.77. The Balaban J connectivity index is 1.84. The summed E-state index contributed by atoms with van der Waals surface area (Å²) in [5.41, 5.74) is 4.16. The first-order valence-corrected chi connectivity index (χ1v) is 12.9. The van der Waals surface area contributed by atoms with Crippen molar-refractivity contribution in [2.75, 3.05) is 6.61 Å². The average molecular weight is 498 g/mol. The number of para-hydroxylation sites is 1. The maximum atomic E-state index is 13.6. The molecular weight excluding hydrogens is 462 g/mol. The van der Waals surface area contributed by atoms with E-state index in [9.17, 15) is 4.79 Å². The number of rotatable bonds is 9. The van der Waals surface area contributed by atoms with Crippen LogP contribution in [0.4, 0.5) is 0 Å². The molecule has 1 aromatic heterocycles. The normalized spacial score (nSPS) is 12.4. The van der Waals surface area contributed by atoms with Crippen LogP contribution in [0, 0.1) is 6.92 Å². The lowest BCUT2D eigenvalue weighted by atomic mass is 9.96. The van der Waals surface area contributed by atoms with E-state index in [0.29, 0.717) is 23.3 Å². The predicted molar refractivity (Wildman–Crippen MR) is 151 cm³/mol. The van der Waals surface area contributed by atoms with E-state index in [0.717, 1.165) is 40.2 Å².